The van der Waals surface area contributed by atoms with Crippen LogP contribution in [0.3, 0.4) is 0 Å². The van der Waals surface area contributed by atoms with Gasteiger partial charge in [0.1, 0.15) is 5.69 Å². The van der Waals surface area contributed by atoms with Crippen molar-refractivity contribution in [2.45, 2.75) is 49.4 Å². The van der Waals surface area contributed by atoms with Gasteiger partial charge in [-0.2, -0.15) is 13.2 Å². The third-order valence-electron chi connectivity index (χ3n) is 5.29. The van der Waals surface area contributed by atoms with E-state index in [0.717, 1.165) is 6.20 Å². The average Bonchev–Trinajstić information content (AvgIpc) is 2.68. The van der Waals surface area contributed by atoms with Crippen molar-refractivity contribution in [1.29, 1.82) is 0 Å². The van der Waals surface area contributed by atoms with Gasteiger partial charge in [0.2, 0.25) is 5.92 Å². The van der Waals surface area contributed by atoms with Gasteiger partial charge in [0.05, 0.1) is 22.2 Å². The van der Waals surface area contributed by atoms with E-state index in [-0.39, 0.29) is 23.4 Å². The fourth-order valence-electron chi connectivity index (χ4n) is 3.57. The number of aromatic nitrogens is 1. The molecule has 0 bridgehead atoms. The molecule has 168 valence electrons. The van der Waals surface area contributed by atoms with Crippen LogP contribution in [0.2, 0.25) is 10.0 Å². The number of nitrogens with one attached hydrogen (secondary N) is 1. The molecule has 1 fully saturated rings. The first-order chi connectivity index (χ1) is 14.3. The van der Waals surface area contributed by atoms with E-state index < -0.39 is 58.8 Å². The lowest BCUT2D eigenvalue weighted by Gasteiger charge is -2.42. The topological polar surface area (TPSA) is 62.2 Å². The SMILES string of the molecule is O=C(NC(c1ccccc1Cl)C1(O)CCC(F)(F)CC1)c1nccc(C(F)(F)F)c1Cl. The lowest BCUT2D eigenvalue weighted by atomic mass is 9.75. The molecule has 1 aliphatic carbocycles. The summed E-state index contributed by atoms with van der Waals surface area (Å²) >= 11 is 12.0. The van der Waals surface area contributed by atoms with Crippen LogP contribution in [0.25, 0.3) is 0 Å². The van der Waals surface area contributed by atoms with E-state index in [4.69, 9.17) is 23.2 Å². The van der Waals surface area contributed by atoms with Gasteiger partial charge in [0, 0.05) is 24.1 Å². The first kappa shape index (κ1) is 23.7. The van der Waals surface area contributed by atoms with Gasteiger partial charge in [-0.3, -0.25) is 4.79 Å². The van der Waals surface area contributed by atoms with E-state index in [9.17, 15) is 31.9 Å². The van der Waals surface area contributed by atoms with Gasteiger partial charge in [0.15, 0.2) is 0 Å². The summed E-state index contributed by atoms with van der Waals surface area (Å²) in [6.45, 7) is 0. The second kappa shape index (κ2) is 8.52. The first-order valence-electron chi connectivity index (χ1n) is 9.21. The molecule has 1 amide bonds. The largest absolute Gasteiger partial charge is 0.417 e. The number of benzene rings is 1. The van der Waals surface area contributed by atoms with Crippen LogP contribution in [0.1, 0.15) is 53.3 Å². The van der Waals surface area contributed by atoms with Crippen LogP contribution in [0.15, 0.2) is 36.5 Å². The maximum absolute atomic E-state index is 13.7. The van der Waals surface area contributed by atoms with Gasteiger partial charge in [0.25, 0.3) is 5.91 Å². The Morgan fingerprint density at radius 3 is 2.29 bits per heavy atom. The number of pyridine rings is 1. The molecule has 2 N–H and O–H groups in total. The zero-order valence-electron chi connectivity index (χ0n) is 15.8. The van der Waals surface area contributed by atoms with Gasteiger partial charge in [-0.05, 0) is 30.5 Å². The quantitative estimate of drug-likeness (QED) is 0.539. The molecule has 1 aliphatic rings. The Hall–Kier alpha value is -1.97. The summed E-state index contributed by atoms with van der Waals surface area (Å²) < 4.78 is 66.7. The molecule has 1 saturated carbocycles. The number of carbonyl (C=O) groups excluding carboxylic acids is 1. The zero-order chi connectivity index (χ0) is 23.0. The molecule has 1 heterocycles. The van der Waals surface area contributed by atoms with Crippen molar-refractivity contribution in [2.75, 3.05) is 0 Å². The molecule has 0 radical (unpaired) electrons. The molecule has 31 heavy (non-hydrogen) atoms. The van der Waals surface area contributed by atoms with Crippen molar-refractivity contribution in [3.8, 4) is 0 Å². The Labute approximate surface area is 184 Å². The maximum Gasteiger partial charge on any atom is 0.417 e. The third-order valence-corrected chi connectivity index (χ3v) is 6.01. The molecule has 1 aromatic heterocycles. The first-order valence-corrected chi connectivity index (χ1v) is 9.97. The van der Waals surface area contributed by atoms with Crippen LogP contribution >= 0.6 is 23.2 Å². The van der Waals surface area contributed by atoms with Crippen LogP contribution in [-0.4, -0.2) is 27.5 Å². The van der Waals surface area contributed by atoms with Crippen LogP contribution in [0.4, 0.5) is 22.0 Å². The minimum Gasteiger partial charge on any atom is -0.387 e. The molecule has 11 heteroatoms. The van der Waals surface area contributed by atoms with Gasteiger partial charge in [-0.1, -0.05) is 41.4 Å². The highest BCUT2D eigenvalue weighted by molar-refractivity contribution is 6.34. The molecule has 0 saturated heterocycles. The Morgan fingerprint density at radius 1 is 1.10 bits per heavy atom. The van der Waals surface area contributed by atoms with E-state index in [2.05, 4.69) is 10.3 Å². The summed E-state index contributed by atoms with van der Waals surface area (Å²) in [4.78, 5) is 16.5. The summed E-state index contributed by atoms with van der Waals surface area (Å²) in [6, 6.07) is 5.47. The minimum absolute atomic E-state index is 0.140. The van der Waals surface area contributed by atoms with Gasteiger partial charge in [-0.25, -0.2) is 13.8 Å². The molecule has 0 aliphatic heterocycles. The van der Waals surface area contributed by atoms with E-state index in [1.54, 1.807) is 12.1 Å². The second-order valence-corrected chi connectivity index (χ2v) is 8.19. The molecule has 3 rings (SSSR count). The highest BCUT2D eigenvalue weighted by Gasteiger charge is 2.48. The molecule has 2 aromatic rings. The van der Waals surface area contributed by atoms with Crippen LogP contribution < -0.4 is 5.32 Å². The number of aliphatic hydroxyl groups is 1. The van der Waals surface area contributed by atoms with Crippen LogP contribution in [-0.2, 0) is 6.18 Å². The molecule has 1 atom stereocenters. The maximum atomic E-state index is 13.7. The Balaban J connectivity index is 1.99. The minimum atomic E-state index is -4.82. The third kappa shape index (κ3) is 5.10. The average molecular weight is 483 g/mol. The molecular weight excluding hydrogens is 466 g/mol. The van der Waals surface area contributed by atoms with Crippen molar-refractivity contribution in [3.05, 3.63) is 63.4 Å². The predicted octanol–water partition coefficient (Wildman–Crippen LogP) is 5.82. The summed E-state index contributed by atoms with van der Waals surface area (Å²) in [5, 5.41) is 12.8. The number of hydrogen-bond acceptors (Lipinski definition) is 3. The van der Waals surface area contributed by atoms with Crippen LogP contribution in [0, 0.1) is 0 Å². The summed E-state index contributed by atoms with van der Waals surface area (Å²) in [5.74, 6) is -4.07. The van der Waals surface area contributed by atoms with Crippen LogP contribution in [0.5, 0.6) is 0 Å². The number of nitrogens with zero attached hydrogens (tertiary/aromatic N) is 1. The van der Waals surface area contributed by atoms with Gasteiger partial charge in [-0.15, -0.1) is 0 Å². The van der Waals surface area contributed by atoms with Gasteiger partial charge >= 0.3 is 6.18 Å². The molecule has 4 nitrogen and oxygen atoms in total. The molecule has 1 unspecified atom stereocenters. The molecule has 0 spiro atoms. The summed E-state index contributed by atoms with van der Waals surface area (Å²) in [7, 11) is 0. The number of amides is 1. The summed E-state index contributed by atoms with van der Waals surface area (Å²) in [6.07, 6.45) is -6.00. The molecule has 1 aromatic carbocycles. The highest BCUT2D eigenvalue weighted by atomic mass is 35.5. The Morgan fingerprint density at radius 2 is 1.71 bits per heavy atom. The number of hydrogen-bond donors (Lipinski definition) is 2. The fraction of sp³-hybridized carbons (Fsp3) is 0.400. The van der Waals surface area contributed by atoms with Crippen molar-refractivity contribution in [3.63, 3.8) is 0 Å². The van der Waals surface area contributed by atoms with Crippen molar-refractivity contribution < 1.29 is 31.9 Å². The smallest absolute Gasteiger partial charge is 0.387 e. The zero-order valence-corrected chi connectivity index (χ0v) is 17.3. The molecular formula is C20H17Cl2F5N2O2. The standard InChI is InChI=1S/C20H17Cl2F5N2O2/c21-13-4-2-1-3-11(13)16(18(31)6-8-19(23,24)9-7-18)29-17(30)15-14(22)12(5-10-28-15)20(25,26)27/h1-5,10,16,31H,6-9H2,(H,29,30). The highest BCUT2D eigenvalue weighted by Crippen LogP contribution is 2.45. The van der Waals surface area contributed by atoms with E-state index in [1.165, 1.54) is 12.1 Å². The number of alkyl halides is 5. The normalized spacial score (nSPS) is 19.0. The van der Waals surface area contributed by atoms with E-state index >= 15 is 0 Å². The lowest BCUT2D eigenvalue weighted by molar-refractivity contribution is -0.137. The number of halogens is 7. The van der Waals surface area contributed by atoms with Gasteiger partial charge < -0.3 is 10.4 Å². The Bertz CT molecular complexity index is 974. The lowest BCUT2D eigenvalue weighted by Crippen LogP contribution is -2.50. The second-order valence-electron chi connectivity index (χ2n) is 7.41. The van der Waals surface area contributed by atoms with Crippen molar-refractivity contribution >= 4 is 29.1 Å². The summed E-state index contributed by atoms with van der Waals surface area (Å²) in [5.41, 5.74) is -3.54. The Kier molecular flexibility index (Phi) is 6.51. The fourth-order valence-corrected chi connectivity index (χ4v) is 4.12. The predicted molar refractivity (Wildman–Crippen MR) is 104 cm³/mol. The van der Waals surface area contributed by atoms with Crippen molar-refractivity contribution in [2.24, 2.45) is 0 Å². The number of rotatable bonds is 4. The number of carbonyl (C=O) groups is 1. The van der Waals surface area contributed by atoms with Crippen molar-refractivity contribution in [1.82, 2.24) is 10.3 Å². The monoisotopic (exact) mass is 482 g/mol. The van der Waals surface area contributed by atoms with E-state index in [1.807, 2.05) is 0 Å². The van der Waals surface area contributed by atoms with E-state index in [0.29, 0.717) is 6.07 Å².